The average Bonchev–Trinajstić information content (AvgIpc) is 2.68. The fraction of sp³-hybridized carbons (Fsp3) is 0.333. The number of esters is 1. The van der Waals surface area contributed by atoms with Gasteiger partial charge in [-0.2, -0.15) is 0 Å². The van der Waals surface area contributed by atoms with Crippen LogP contribution in [0.5, 0.6) is 11.5 Å². The van der Waals surface area contributed by atoms with Gasteiger partial charge in [0.05, 0.1) is 27.8 Å². The van der Waals surface area contributed by atoms with E-state index in [1.165, 1.54) is 12.0 Å². The molecule has 2 aromatic carbocycles. The summed E-state index contributed by atoms with van der Waals surface area (Å²) in [5.74, 6) is 0.529. The van der Waals surface area contributed by atoms with E-state index in [2.05, 4.69) is 0 Å². The molecule has 6 nitrogen and oxygen atoms in total. The summed E-state index contributed by atoms with van der Waals surface area (Å²) in [6.45, 7) is 2.22. The van der Waals surface area contributed by atoms with E-state index >= 15 is 0 Å². The smallest absolute Gasteiger partial charge is 0.325 e. The van der Waals surface area contributed by atoms with Gasteiger partial charge < -0.3 is 19.1 Å². The zero-order valence-corrected chi connectivity index (χ0v) is 16.2. The normalized spacial score (nSPS) is 10.2. The third-order valence-corrected chi connectivity index (χ3v) is 4.33. The molecule has 0 unspecified atom stereocenters. The van der Waals surface area contributed by atoms with Crippen molar-refractivity contribution in [2.24, 2.45) is 0 Å². The highest BCUT2D eigenvalue weighted by atomic mass is 16.5. The first-order valence-electron chi connectivity index (χ1n) is 8.58. The van der Waals surface area contributed by atoms with E-state index in [1.54, 1.807) is 26.4 Å². The number of hydrogen-bond donors (Lipinski definition) is 0. The number of amides is 1. The fourth-order valence-electron chi connectivity index (χ4n) is 2.72. The Hall–Kier alpha value is -3.02. The molecule has 0 saturated heterocycles. The molecule has 2 aromatic rings. The molecule has 0 aliphatic carbocycles. The molecule has 0 saturated carbocycles. The van der Waals surface area contributed by atoms with Crippen LogP contribution in [0, 0.1) is 6.92 Å². The summed E-state index contributed by atoms with van der Waals surface area (Å²) in [5, 5.41) is 0. The molecular formula is C21H25NO5. The Morgan fingerprint density at radius 1 is 0.963 bits per heavy atom. The SMILES string of the molecule is COC(=O)CN(Cc1ccccc1C)C(=O)Cc1ccc(OC)c(OC)c1. The average molecular weight is 371 g/mol. The van der Waals surface area contributed by atoms with Gasteiger partial charge in [0.15, 0.2) is 11.5 Å². The predicted octanol–water partition coefficient (Wildman–Crippen LogP) is 2.76. The monoisotopic (exact) mass is 371 g/mol. The number of aryl methyl sites for hydroxylation is 1. The number of nitrogens with zero attached hydrogens (tertiary/aromatic N) is 1. The molecule has 0 atom stereocenters. The van der Waals surface area contributed by atoms with Gasteiger partial charge in [0.25, 0.3) is 0 Å². The number of ether oxygens (including phenoxy) is 3. The summed E-state index contributed by atoms with van der Waals surface area (Å²) >= 11 is 0. The Labute approximate surface area is 159 Å². The summed E-state index contributed by atoms with van der Waals surface area (Å²) in [4.78, 5) is 26.2. The molecule has 144 valence electrons. The maximum Gasteiger partial charge on any atom is 0.325 e. The minimum atomic E-state index is -0.454. The number of hydrogen-bond acceptors (Lipinski definition) is 5. The molecule has 0 spiro atoms. The molecule has 0 aliphatic heterocycles. The number of carbonyl (C=O) groups is 2. The van der Waals surface area contributed by atoms with Crippen molar-refractivity contribution in [3.63, 3.8) is 0 Å². The van der Waals surface area contributed by atoms with Crippen LogP contribution < -0.4 is 9.47 Å². The van der Waals surface area contributed by atoms with Crippen LogP contribution in [-0.2, 0) is 27.3 Å². The van der Waals surface area contributed by atoms with Crippen molar-refractivity contribution in [3.8, 4) is 11.5 Å². The zero-order valence-electron chi connectivity index (χ0n) is 16.2. The largest absolute Gasteiger partial charge is 0.493 e. The molecular weight excluding hydrogens is 346 g/mol. The first-order chi connectivity index (χ1) is 13.0. The molecule has 0 heterocycles. The van der Waals surface area contributed by atoms with E-state index in [9.17, 15) is 9.59 Å². The highest BCUT2D eigenvalue weighted by molar-refractivity contribution is 5.83. The van der Waals surface area contributed by atoms with Crippen LogP contribution in [-0.4, -0.2) is 44.7 Å². The Kier molecular flexibility index (Phi) is 7.23. The molecule has 6 heteroatoms. The van der Waals surface area contributed by atoms with E-state index in [0.29, 0.717) is 18.0 Å². The van der Waals surface area contributed by atoms with Gasteiger partial charge in [0.1, 0.15) is 6.54 Å². The first-order valence-corrected chi connectivity index (χ1v) is 8.58. The van der Waals surface area contributed by atoms with Crippen molar-refractivity contribution < 1.29 is 23.8 Å². The molecule has 0 fully saturated rings. The number of carbonyl (C=O) groups excluding carboxylic acids is 2. The number of rotatable bonds is 8. The molecule has 27 heavy (non-hydrogen) atoms. The van der Waals surface area contributed by atoms with Crippen LogP contribution in [0.25, 0.3) is 0 Å². The predicted molar refractivity (Wildman–Crippen MR) is 102 cm³/mol. The third-order valence-electron chi connectivity index (χ3n) is 4.33. The van der Waals surface area contributed by atoms with E-state index in [4.69, 9.17) is 14.2 Å². The quantitative estimate of drug-likeness (QED) is 0.668. The fourth-order valence-corrected chi connectivity index (χ4v) is 2.72. The molecule has 0 radical (unpaired) electrons. The number of benzene rings is 2. The lowest BCUT2D eigenvalue weighted by Crippen LogP contribution is -2.37. The second-order valence-electron chi connectivity index (χ2n) is 6.12. The summed E-state index contributed by atoms with van der Waals surface area (Å²) < 4.78 is 15.3. The van der Waals surface area contributed by atoms with Gasteiger partial charge in [-0.25, -0.2) is 0 Å². The lowest BCUT2D eigenvalue weighted by molar-refractivity contribution is -0.147. The Balaban J connectivity index is 2.20. The Morgan fingerprint density at radius 3 is 2.30 bits per heavy atom. The first kappa shape index (κ1) is 20.3. The lowest BCUT2D eigenvalue weighted by Gasteiger charge is -2.23. The molecule has 0 aromatic heterocycles. The van der Waals surface area contributed by atoms with Crippen LogP contribution in [0.1, 0.15) is 16.7 Å². The second kappa shape index (κ2) is 9.62. The minimum Gasteiger partial charge on any atom is -0.493 e. The Bertz CT molecular complexity index is 803. The van der Waals surface area contributed by atoms with Gasteiger partial charge in [0.2, 0.25) is 5.91 Å². The van der Waals surface area contributed by atoms with Crippen LogP contribution in [0.15, 0.2) is 42.5 Å². The van der Waals surface area contributed by atoms with Crippen molar-refractivity contribution >= 4 is 11.9 Å². The highest BCUT2D eigenvalue weighted by Crippen LogP contribution is 2.28. The molecule has 0 aliphatic rings. The zero-order chi connectivity index (χ0) is 19.8. The maximum absolute atomic E-state index is 12.9. The highest BCUT2D eigenvalue weighted by Gasteiger charge is 2.19. The number of methoxy groups -OCH3 is 3. The van der Waals surface area contributed by atoms with Crippen LogP contribution >= 0.6 is 0 Å². The minimum absolute atomic E-state index is 0.100. The standard InChI is InChI=1S/C21H25NO5/c1-15-7-5-6-8-17(15)13-22(14-21(24)27-4)20(23)12-16-9-10-18(25-2)19(11-16)26-3/h5-11H,12-14H2,1-4H3. The third kappa shape index (κ3) is 5.48. The maximum atomic E-state index is 12.9. The molecule has 0 bridgehead atoms. The van der Waals surface area contributed by atoms with Gasteiger partial charge in [-0.1, -0.05) is 30.3 Å². The van der Waals surface area contributed by atoms with Gasteiger partial charge in [0, 0.05) is 6.54 Å². The van der Waals surface area contributed by atoms with Gasteiger partial charge in [-0.3, -0.25) is 9.59 Å². The van der Waals surface area contributed by atoms with Crippen LogP contribution in [0.4, 0.5) is 0 Å². The van der Waals surface area contributed by atoms with E-state index in [0.717, 1.165) is 16.7 Å². The molecule has 0 N–H and O–H groups in total. The summed E-state index contributed by atoms with van der Waals surface area (Å²) in [5.41, 5.74) is 2.82. The summed E-state index contributed by atoms with van der Waals surface area (Å²) in [7, 11) is 4.42. The topological polar surface area (TPSA) is 65.1 Å². The van der Waals surface area contributed by atoms with Gasteiger partial charge >= 0.3 is 5.97 Å². The summed E-state index contributed by atoms with van der Waals surface area (Å²) in [6.07, 6.45) is 0.142. The van der Waals surface area contributed by atoms with E-state index < -0.39 is 5.97 Å². The lowest BCUT2D eigenvalue weighted by atomic mass is 10.1. The van der Waals surface area contributed by atoms with Crippen LogP contribution in [0.3, 0.4) is 0 Å². The van der Waals surface area contributed by atoms with E-state index in [1.807, 2.05) is 37.3 Å². The van der Waals surface area contributed by atoms with Gasteiger partial charge in [-0.15, -0.1) is 0 Å². The van der Waals surface area contributed by atoms with Crippen molar-refractivity contribution in [1.29, 1.82) is 0 Å². The molecule has 1 amide bonds. The van der Waals surface area contributed by atoms with Crippen molar-refractivity contribution in [2.45, 2.75) is 19.9 Å². The van der Waals surface area contributed by atoms with Crippen molar-refractivity contribution in [2.75, 3.05) is 27.9 Å². The molecule has 2 rings (SSSR count). The summed E-state index contributed by atoms with van der Waals surface area (Å²) in [6, 6.07) is 13.1. The Morgan fingerprint density at radius 2 is 1.67 bits per heavy atom. The van der Waals surface area contributed by atoms with Crippen molar-refractivity contribution in [3.05, 3.63) is 59.2 Å². The second-order valence-corrected chi connectivity index (χ2v) is 6.12. The van der Waals surface area contributed by atoms with Crippen LogP contribution in [0.2, 0.25) is 0 Å². The van der Waals surface area contributed by atoms with Gasteiger partial charge in [-0.05, 0) is 35.7 Å². The van der Waals surface area contributed by atoms with Crippen molar-refractivity contribution in [1.82, 2.24) is 4.90 Å². The van der Waals surface area contributed by atoms with E-state index in [-0.39, 0.29) is 18.9 Å².